The Hall–Kier alpha value is -0.930. The van der Waals surface area contributed by atoms with Crippen molar-refractivity contribution < 1.29 is 13.9 Å². The molecule has 0 atom stereocenters. The van der Waals surface area contributed by atoms with Crippen LogP contribution < -0.4 is 0 Å². The third-order valence-corrected chi connectivity index (χ3v) is 2.83. The van der Waals surface area contributed by atoms with Crippen molar-refractivity contribution in [2.75, 3.05) is 13.2 Å². The number of hydrogen-bond acceptors (Lipinski definition) is 2. The Bertz CT molecular complexity index is 311. The van der Waals surface area contributed by atoms with Crippen LogP contribution in [0.4, 0.5) is 4.39 Å². The van der Waals surface area contributed by atoms with Crippen LogP contribution in [0, 0.1) is 5.82 Å². The van der Waals surface area contributed by atoms with E-state index in [1.54, 1.807) is 12.1 Å². The van der Waals surface area contributed by atoms with Gasteiger partial charge in [0.15, 0.2) is 0 Å². The van der Waals surface area contributed by atoms with Gasteiger partial charge in [0.25, 0.3) is 0 Å². The molecule has 0 spiro atoms. The highest BCUT2D eigenvalue weighted by atomic mass is 19.1. The molecule has 0 amide bonds. The van der Waals surface area contributed by atoms with Gasteiger partial charge in [-0.05, 0) is 24.1 Å². The van der Waals surface area contributed by atoms with E-state index in [2.05, 4.69) is 6.92 Å². The average Bonchev–Trinajstić information content (AvgIpc) is 2.20. The van der Waals surface area contributed by atoms with Crippen LogP contribution >= 0.6 is 0 Å². The van der Waals surface area contributed by atoms with Crippen molar-refractivity contribution in [1.29, 1.82) is 0 Å². The van der Waals surface area contributed by atoms with Crippen LogP contribution in [-0.4, -0.2) is 18.8 Å². The summed E-state index contributed by atoms with van der Waals surface area (Å²) >= 11 is 0. The van der Waals surface area contributed by atoms with Gasteiger partial charge in [-0.25, -0.2) is 4.39 Å². The summed E-state index contributed by atoms with van der Waals surface area (Å²) in [5, 5.41) is 0. The molecule has 1 saturated heterocycles. The molecule has 0 radical (unpaired) electrons. The van der Waals surface area contributed by atoms with Crippen molar-refractivity contribution in [2.24, 2.45) is 0 Å². The first-order valence-corrected chi connectivity index (χ1v) is 5.20. The Morgan fingerprint density at radius 1 is 1.33 bits per heavy atom. The van der Waals surface area contributed by atoms with Gasteiger partial charge in [-0.3, -0.25) is 0 Å². The Morgan fingerprint density at radius 3 is 2.47 bits per heavy atom. The fourth-order valence-corrected chi connectivity index (χ4v) is 1.54. The molecule has 0 bridgehead atoms. The quantitative estimate of drug-likeness (QED) is 0.760. The maximum Gasteiger partial charge on any atom is 0.123 e. The van der Waals surface area contributed by atoms with Crippen LogP contribution in [0.1, 0.15) is 18.9 Å². The highest BCUT2D eigenvalue weighted by Gasteiger charge is 2.37. The lowest BCUT2D eigenvalue weighted by Gasteiger charge is -2.40. The van der Waals surface area contributed by atoms with Gasteiger partial charge in [0, 0.05) is 0 Å². The fourth-order valence-electron chi connectivity index (χ4n) is 1.54. The molecule has 1 aliphatic heterocycles. The van der Waals surface area contributed by atoms with Gasteiger partial charge in [-0.15, -0.1) is 0 Å². The lowest BCUT2D eigenvalue weighted by Crippen LogP contribution is -2.51. The van der Waals surface area contributed by atoms with Gasteiger partial charge in [-0.2, -0.15) is 0 Å². The van der Waals surface area contributed by atoms with Crippen molar-refractivity contribution in [3.8, 4) is 0 Å². The standard InChI is InChI=1S/C12H15FO2/c1-2-12(8-14-9-12)15-7-10-3-5-11(13)6-4-10/h3-6H,2,7-9H2,1H3. The minimum absolute atomic E-state index is 0.103. The van der Waals surface area contributed by atoms with Crippen LogP contribution in [0.15, 0.2) is 24.3 Å². The lowest BCUT2D eigenvalue weighted by atomic mass is 9.99. The van der Waals surface area contributed by atoms with Crippen molar-refractivity contribution in [3.05, 3.63) is 35.6 Å². The highest BCUT2D eigenvalue weighted by Crippen LogP contribution is 2.26. The number of halogens is 1. The molecular formula is C12H15FO2. The molecule has 0 aromatic heterocycles. The summed E-state index contributed by atoms with van der Waals surface area (Å²) in [5.41, 5.74) is 0.894. The Labute approximate surface area is 89.0 Å². The summed E-state index contributed by atoms with van der Waals surface area (Å²) in [7, 11) is 0. The largest absolute Gasteiger partial charge is 0.375 e. The summed E-state index contributed by atoms with van der Waals surface area (Å²) in [4.78, 5) is 0. The van der Waals surface area contributed by atoms with E-state index in [1.165, 1.54) is 12.1 Å². The van der Waals surface area contributed by atoms with E-state index in [1.807, 2.05) is 0 Å². The molecule has 1 aromatic carbocycles. The SMILES string of the molecule is CCC1(OCc2ccc(F)cc2)COC1. The van der Waals surface area contributed by atoms with Crippen LogP contribution in [-0.2, 0) is 16.1 Å². The van der Waals surface area contributed by atoms with E-state index in [-0.39, 0.29) is 11.4 Å². The summed E-state index contributed by atoms with van der Waals surface area (Å²) in [6, 6.07) is 6.40. The van der Waals surface area contributed by atoms with Crippen LogP contribution in [0.2, 0.25) is 0 Å². The van der Waals surface area contributed by atoms with Gasteiger partial charge in [0.1, 0.15) is 11.4 Å². The van der Waals surface area contributed by atoms with Gasteiger partial charge in [0.05, 0.1) is 19.8 Å². The van der Waals surface area contributed by atoms with Gasteiger partial charge in [-0.1, -0.05) is 19.1 Å². The number of hydrogen-bond donors (Lipinski definition) is 0. The molecule has 0 N–H and O–H groups in total. The minimum atomic E-state index is -0.212. The number of benzene rings is 1. The highest BCUT2D eigenvalue weighted by molar-refractivity contribution is 5.15. The van der Waals surface area contributed by atoms with Crippen LogP contribution in [0.25, 0.3) is 0 Å². The number of ether oxygens (including phenoxy) is 2. The van der Waals surface area contributed by atoms with E-state index in [0.29, 0.717) is 19.8 Å². The van der Waals surface area contributed by atoms with E-state index in [0.717, 1.165) is 12.0 Å². The lowest BCUT2D eigenvalue weighted by molar-refractivity contribution is -0.216. The zero-order chi connectivity index (χ0) is 10.7. The molecule has 2 nitrogen and oxygen atoms in total. The van der Waals surface area contributed by atoms with Crippen molar-refractivity contribution in [3.63, 3.8) is 0 Å². The van der Waals surface area contributed by atoms with Gasteiger partial charge >= 0.3 is 0 Å². The molecule has 2 rings (SSSR count). The zero-order valence-corrected chi connectivity index (χ0v) is 8.83. The Balaban J connectivity index is 1.90. The monoisotopic (exact) mass is 210 g/mol. The third-order valence-electron chi connectivity index (χ3n) is 2.83. The van der Waals surface area contributed by atoms with E-state index in [9.17, 15) is 4.39 Å². The summed E-state index contributed by atoms with van der Waals surface area (Å²) in [5.74, 6) is -0.212. The van der Waals surface area contributed by atoms with Crippen molar-refractivity contribution in [1.82, 2.24) is 0 Å². The molecule has 1 aliphatic rings. The van der Waals surface area contributed by atoms with Gasteiger partial charge in [0.2, 0.25) is 0 Å². The minimum Gasteiger partial charge on any atom is -0.375 e. The second-order valence-electron chi connectivity index (χ2n) is 3.94. The normalized spacial score (nSPS) is 18.5. The molecule has 0 aliphatic carbocycles. The second-order valence-corrected chi connectivity index (χ2v) is 3.94. The maximum absolute atomic E-state index is 12.6. The summed E-state index contributed by atoms with van der Waals surface area (Å²) in [6.45, 7) is 3.96. The first kappa shape index (κ1) is 10.6. The van der Waals surface area contributed by atoms with Gasteiger partial charge < -0.3 is 9.47 Å². The van der Waals surface area contributed by atoms with Crippen LogP contribution in [0.3, 0.4) is 0 Å². The second kappa shape index (κ2) is 4.29. The molecule has 1 fully saturated rings. The fraction of sp³-hybridized carbons (Fsp3) is 0.500. The molecular weight excluding hydrogens is 195 g/mol. The first-order valence-electron chi connectivity index (χ1n) is 5.20. The molecule has 82 valence electrons. The summed E-state index contributed by atoms with van der Waals surface area (Å²) < 4.78 is 23.6. The molecule has 3 heteroatoms. The van der Waals surface area contributed by atoms with Crippen LogP contribution in [0.5, 0.6) is 0 Å². The van der Waals surface area contributed by atoms with E-state index in [4.69, 9.17) is 9.47 Å². The Morgan fingerprint density at radius 2 is 2.00 bits per heavy atom. The van der Waals surface area contributed by atoms with E-state index >= 15 is 0 Å². The predicted octanol–water partition coefficient (Wildman–Crippen LogP) is 2.52. The zero-order valence-electron chi connectivity index (χ0n) is 8.83. The third kappa shape index (κ3) is 2.36. The van der Waals surface area contributed by atoms with Crippen molar-refractivity contribution in [2.45, 2.75) is 25.6 Å². The first-order chi connectivity index (χ1) is 7.24. The number of rotatable bonds is 4. The van der Waals surface area contributed by atoms with E-state index < -0.39 is 0 Å². The molecule has 0 saturated carbocycles. The topological polar surface area (TPSA) is 18.5 Å². The summed E-state index contributed by atoms with van der Waals surface area (Å²) in [6.07, 6.45) is 0.953. The average molecular weight is 210 g/mol. The van der Waals surface area contributed by atoms with Crippen molar-refractivity contribution >= 4 is 0 Å². The predicted molar refractivity (Wildman–Crippen MR) is 55.0 cm³/mol. The Kier molecular flexibility index (Phi) is 3.03. The molecule has 1 aromatic rings. The smallest absolute Gasteiger partial charge is 0.123 e. The molecule has 15 heavy (non-hydrogen) atoms. The molecule has 1 heterocycles. The molecule has 0 unspecified atom stereocenters. The maximum atomic E-state index is 12.6.